The van der Waals surface area contributed by atoms with Gasteiger partial charge in [0.05, 0.1) is 16.0 Å². The summed E-state index contributed by atoms with van der Waals surface area (Å²) in [6.07, 6.45) is 0.718. The maximum atomic E-state index is 5.58. The highest BCUT2D eigenvalue weighted by Crippen LogP contribution is 2.21. The van der Waals surface area contributed by atoms with E-state index in [4.69, 9.17) is 18.0 Å². The number of thiocarbonyl (C=S) groups is 1. The Hall–Kier alpha value is -1.42. The molecule has 0 spiro atoms. The van der Waals surface area contributed by atoms with Gasteiger partial charge in [-0.3, -0.25) is 0 Å². The van der Waals surface area contributed by atoms with Gasteiger partial charge in [-0.1, -0.05) is 38.2 Å². The average molecular weight is 247 g/mol. The molecule has 0 amide bonds. The van der Waals surface area contributed by atoms with Gasteiger partial charge in [0.15, 0.2) is 0 Å². The van der Waals surface area contributed by atoms with Crippen LogP contribution in [0, 0.1) is 0 Å². The fraction of sp³-hybridized carbons (Fsp3) is 0.385. The zero-order valence-corrected chi connectivity index (χ0v) is 11.0. The molecule has 0 saturated carbocycles. The smallest absolute Gasteiger partial charge is 0.112 e. The maximum Gasteiger partial charge on any atom is 0.112 e. The Morgan fingerprint density at radius 1 is 1.41 bits per heavy atom. The molecule has 0 bridgehead atoms. The second-order valence-corrected chi connectivity index (χ2v) is 5.01. The van der Waals surface area contributed by atoms with Crippen LogP contribution in [-0.4, -0.2) is 14.5 Å². The topological polar surface area (TPSA) is 43.8 Å². The Morgan fingerprint density at radius 3 is 2.76 bits per heavy atom. The Labute approximate surface area is 107 Å². The van der Waals surface area contributed by atoms with E-state index in [1.54, 1.807) is 0 Å². The molecule has 0 aliphatic rings. The Kier molecular flexibility index (Phi) is 3.43. The van der Waals surface area contributed by atoms with Crippen LogP contribution >= 0.6 is 12.2 Å². The van der Waals surface area contributed by atoms with E-state index in [9.17, 15) is 0 Å². The summed E-state index contributed by atoms with van der Waals surface area (Å²) in [7, 11) is 0. The van der Waals surface area contributed by atoms with Crippen molar-refractivity contribution in [2.75, 3.05) is 0 Å². The number of nitrogens with zero attached hydrogens (tertiary/aromatic N) is 2. The van der Waals surface area contributed by atoms with E-state index in [0.29, 0.717) is 10.9 Å². The molecule has 0 aliphatic heterocycles. The molecule has 90 valence electrons. The summed E-state index contributed by atoms with van der Waals surface area (Å²) in [5.41, 5.74) is 7.78. The molecule has 0 fully saturated rings. The van der Waals surface area contributed by atoms with Gasteiger partial charge in [-0.2, -0.15) is 0 Å². The van der Waals surface area contributed by atoms with Crippen molar-refractivity contribution in [3.8, 4) is 0 Å². The van der Waals surface area contributed by atoms with Crippen LogP contribution in [0.15, 0.2) is 24.3 Å². The Morgan fingerprint density at radius 2 is 2.12 bits per heavy atom. The molecular weight excluding hydrogens is 230 g/mol. The lowest BCUT2D eigenvalue weighted by Gasteiger charge is -2.10. The zero-order valence-electron chi connectivity index (χ0n) is 10.2. The minimum Gasteiger partial charge on any atom is -0.393 e. The normalized spacial score (nSPS) is 11.2. The second-order valence-electron chi connectivity index (χ2n) is 4.48. The minimum atomic E-state index is 0.397. The molecular formula is C13H17N3S. The summed E-state index contributed by atoms with van der Waals surface area (Å²) >= 11 is 4.94. The van der Waals surface area contributed by atoms with E-state index in [-0.39, 0.29) is 0 Å². The van der Waals surface area contributed by atoms with Crippen molar-refractivity contribution in [1.82, 2.24) is 9.55 Å². The molecule has 2 rings (SSSR count). The van der Waals surface area contributed by atoms with Crippen LogP contribution < -0.4 is 5.73 Å². The number of hydrogen-bond donors (Lipinski definition) is 1. The van der Waals surface area contributed by atoms with Crippen LogP contribution in [0.4, 0.5) is 0 Å². The number of fused-ring (bicyclic) bond motifs is 1. The summed E-state index contributed by atoms with van der Waals surface area (Å²) in [5, 5.41) is 0. The molecule has 1 heterocycles. The van der Waals surface area contributed by atoms with Gasteiger partial charge in [0.2, 0.25) is 0 Å². The zero-order chi connectivity index (χ0) is 12.4. The van der Waals surface area contributed by atoms with Gasteiger partial charge in [0.25, 0.3) is 0 Å². The number of rotatable bonds is 4. The lowest BCUT2D eigenvalue weighted by Crippen LogP contribution is -2.13. The molecule has 1 aromatic heterocycles. The molecule has 0 saturated heterocycles. The lowest BCUT2D eigenvalue weighted by atomic mass is 10.2. The van der Waals surface area contributed by atoms with Gasteiger partial charge in [-0.25, -0.2) is 4.98 Å². The number of aryl methyl sites for hydroxylation is 1. The quantitative estimate of drug-likeness (QED) is 0.845. The predicted octanol–water partition coefficient (Wildman–Crippen LogP) is 2.84. The van der Waals surface area contributed by atoms with Gasteiger partial charge in [-0.15, -0.1) is 0 Å². The van der Waals surface area contributed by atoms with E-state index in [1.165, 1.54) is 0 Å². The first-order valence-corrected chi connectivity index (χ1v) is 6.24. The monoisotopic (exact) mass is 247 g/mol. The number of para-hydroxylation sites is 2. The maximum absolute atomic E-state index is 5.58. The summed E-state index contributed by atoms with van der Waals surface area (Å²) in [5.74, 6) is 1.50. The van der Waals surface area contributed by atoms with E-state index in [2.05, 4.69) is 29.5 Å². The summed E-state index contributed by atoms with van der Waals surface area (Å²) in [6.45, 7) is 5.11. The Balaban J connectivity index is 2.48. The number of imidazole rings is 1. The van der Waals surface area contributed by atoms with Gasteiger partial charge in [0.1, 0.15) is 5.82 Å². The van der Waals surface area contributed by atoms with Gasteiger partial charge in [0, 0.05) is 18.9 Å². The largest absolute Gasteiger partial charge is 0.393 e. The Bertz CT molecular complexity index is 543. The van der Waals surface area contributed by atoms with Gasteiger partial charge in [-0.05, 0) is 12.1 Å². The van der Waals surface area contributed by atoms with Crippen LogP contribution in [-0.2, 0) is 6.54 Å². The van der Waals surface area contributed by atoms with Crippen molar-refractivity contribution in [2.45, 2.75) is 32.7 Å². The van der Waals surface area contributed by atoms with Gasteiger partial charge >= 0.3 is 0 Å². The van der Waals surface area contributed by atoms with Crippen LogP contribution in [0.1, 0.15) is 32.0 Å². The fourth-order valence-corrected chi connectivity index (χ4v) is 2.08. The van der Waals surface area contributed by atoms with Gasteiger partial charge < -0.3 is 10.3 Å². The number of benzene rings is 1. The summed E-state index contributed by atoms with van der Waals surface area (Å²) in [6, 6.07) is 8.18. The van der Waals surface area contributed by atoms with Crippen LogP contribution in [0.2, 0.25) is 0 Å². The molecule has 0 aliphatic carbocycles. The molecule has 17 heavy (non-hydrogen) atoms. The molecule has 0 atom stereocenters. The third-order valence-corrected chi connectivity index (χ3v) is 2.99. The van der Waals surface area contributed by atoms with Crippen molar-refractivity contribution in [1.29, 1.82) is 0 Å². The fourth-order valence-electron chi connectivity index (χ4n) is 1.99. The van der Waals surface area contributed by atoms with Crippen molar-refractivity contribution in [3.05, 3.63) is 30.1 Å². The molecule has 1 aromatic carbocycles. The second kappa shape index (κ2) is 4.84. The molecule has 4 heteroatoms. The predicted molar refractivity (Wildman–Crippen MR) is 75.2 cm³/mol. The standard InChI is InChI=1S/C13H17N3S/c1-9(2)13-15-10-5-3-4-6-11(10)16(13)8-7-12(14)17/h3-6,9H,7-8H2,1-2H3,(H2,14,17). The minimum absolute atomic E-state index is 0.397. The third-order valence-electron chi connectivity index (χ3n) is 2.78. The molecule has 0 unspecified atom stereocenters. The van der Waals surface area contributed by atoms with Crippen molar-refractivity contribution < 1.29 is 0 Å². The van der Waals surface area contributed by atoms with E-state index in [1.807, 2.05) is 18.2 Å². The number of hydrogen-bond acceptors (Lipinski definition) is 2. The third kappa shape index (κ3) is 2.47. The average Bonchev–Trinajstić information content (AvgIpc) is 2.65. The van der Waals surface area contributed by atoms with Crippen molar-refractivity contribution in [2.24, 2.45) is 5.73 Å². The molecule has 0 radical (unpaired) electrons. The first kappa shape index (κ1) is 12.0. The first-order valence-electron chi connectivity index (χ1n) is 5.83. The lowest BCUT2D eigenvalue weighted by molar-refractivity contribution is 0.649. The SMILES string of the molecule is CC(C)c1nc2ccccc2n1CCC(N)=S. The molecule has 2 N–H and O–H groups in total. The van der Waals surface area contributed by atoms with Crippen LogP contribution in [0.5, 0.6) is 0 Å². The van der Waals surface area contributed by atoms with Crippen molar-refractivity contribution in [3.63, 3.8) is 0 Å². The van der Waals surface area contributed by atoms with Crippen LogP contribution in [0.3, 0.4) is 0 Å². The van der Waals surface area contributed by atoms with E-state index >= 15 is 0 Å². The highest BCUT2D eigenvalue weighted by molar-refractivity contribution is 7.80. The highest BCUT2D eigenvalue weighted by atomic mass is 32.1. The summed E-state index contributed by atoms with van der Waals surface area (Å²) in [4.78, 5) is 5.22. The van der Waals surface area contributed by atoms with E-state index in [0.717, 1.165) is 29.8 Å². The molecule has 3 nitrogen and oxygen atoms in total. The number of aromatic nitrogens is 2. The van der Waals surface area contributed by atoms with Crippen molar-refractivity contribution >= 4 is 28.2 Å². The number of nitrogens with two attached hydrogens (primary N) is 1. The summed E-state index contributed by atoms with van der Waals surface area (Å²) < 4.78 is 2.22. The van der Waals surface area contributed by atoms with Crippen LogP contribution in [0.25, 0.3) is 11.0 Å². The first-order chi connectivity index (χ1) is 8.09. The highest BCUT2D eigenvalue weighted by Gasteiger charge is 2.12. The molecule has 2 aromatic rings. The van der Waals surface area contributed by atoms with E-state index < -0.39 is 0 Å².